The lowest BCUT2D eigenvalue weighted by Crippen LogP contribution is -2.44. The van der Waals surface area contributed by atoms with E-state index < -0.39 is 5.54 Å². The highest BCUT2D eigenvalue weighted by Crippen LogP contribution is 2.31. The van der Waals surface area contributed by atoms with Gasteiger partial charge in [-0.2, -0.15) is 0 Å². The molecular weight excluding hydrogens is 254 g/mol. The summed E-state index contributed by atoms with van der Waals surface area (Å²) < 4.78 is 0. The number of rotatable bonds is 4. The fourth-order valence-electron chi connectivity index (χ4n) is 2.12. The normalized spacial score (nSPS) is 20.8. The SMILES string of the molecule is Cl.NC1(C(=O)NCCC(=O)N2CCCCC2)CC1. The van der Waals surface area contributed by atoms with Crippen molar-refractivity contribution >= 4 is 24.2 Å². The van der Waals surface area contributed by atoms with E-state index in [2.05, 4.69) is 5.32 Å². The van der Waals surface area contributed by atoms with Crippen LogP contribution in [0.1, 0.15) is 38.5 Å². The predicted octanol–water partition coefficient (Wildman–Crippen LogP) is 0.418. The molecule has 1 heterocycles. The Kier molecular flexibility index (Phi) is 5.41. The molecule has 2 fully saturated rings. The number of nitrogens with two attached hydrogens (primary N) is 1. The van der Waals surface area contributed by atoms with Crippen LogP contribution >= 0.6 is 12.4 Å². The fraction of sp³-hybridized carbons (Fsp3) is 0.833. The molecule has 104 valence electrons. The van der Waals surface area contributed by atoms with Crippen molar-refractivity contribution < 1.29 is 9.59 Å². The highest BCUT2D eigenvalue weighted by Gasteiger charge is 2.45. The van der Waals surface area contributed by atoms with Gasteiger partial charge in [0.1, 0.15) is 0 Å². The summed E-state index contributed by atoms with van der Waals surface area (Å²) in [5, 5.41) is 2.74. The smallest absolute Gasteiger partial charge is 0.240 e. The topological polar surface area (TPSA) is 75.4 Å². The van der Waals surface area contributed by atoms with Crippen LogP contribution in [0.3, 0.4) is 0 Å². The third kappa shape index (κ3) is 3.85. The molecule has 5 nitrogen and oxygen atoms in total. The van der Waals surface area contributed by atoms with Gasteiger partial charge in [-0.25, -0.2) is 0 Å². The molecule has 1 saturated heterocycles. The highest BCUT2D eigenvalue weighted by atomic mass is 35.5. The summed E-state index contributed by atoms with van der Waals surface area (Å²) in [7, 11) is 0. The minimum absolute atomic E-state index is 0. The van der Waals surface area contributed by atoms with Gasteiger partial charge in [0, 0.05) is 26.1 Å². The summed E-state index contributed by atoms with van der Waals surface area (Å²) in [5.41, 5.74) is 5.11. The van der Waals surface area contributed by atoms with Crippen LogP contribution in [0.15, 0.2) is 0 Å². The van der Waals surface area contributed by atoms with Gasteiger partial charge in [-0.15, -0.1) is 12.4 Å². The average Bonchev–Trinajstić information content (AvgIpc) is 3.09. The summed E-state index contributed by atoms with van der Waals surface area (Å²) in [4.78, 5) is 25.2. The van der Waals surface area contributed by atoms with Crippen LogP contribution in [0, 0.1) is 0 Å². The van der Waals surface area contributed by atoms with Gasteiger partial charge < -0.3 is 16.0 Å². The third-order valence-electron chi connectivity index (χ3n) is 3.57. The average molecular weight is 276 g/mol. The van der Waals surface area contributed by atoms with Crippen molar-refractivity contribution in [2.75, 3.05) is 19.6 Å². The zero-order valence-electron chi connectivity index (χ0n) is 10.6. The van der Waals surface area contributed by atoms with E-state index in [1.807, 2.05) is 4.90 Å². The molecule has 0 atom stereocenters. The monoisotopic (exact) mass is 275 g/mol. The molecule has 1 saturated carbocycles. The predicted molar refractivity (Wildman–Crippen MR) is 71.5 cm³/mol. The molecule has 0 radical (unpaired) electrons. The molecule has 2 amide bonds. The minimum Gasteiger partial charge on any atom is -0.354 e. The first-order chi connectivity index (χ1) is 8.12. The molecule has 2 rings (SSSR count). The lowest BCUT2D eigenvalue weighted by atomic mass is 10.1. The van der Waals surface area contributed by atoms with Crippen LogP contribution in [0.25, 0.3) is 0 Å². The molecule has 0 unspecified atom stereocenters. The van der Waals surface area contributed by atoms with E-state index >= 15 is 0 Å². The van der Waals surface area contributed by atoms with Crippen molar-refractivity contribution in [2.24, 2.45) is 5.73 Å². The summed E-state index contributed by atoms with van der Waals surface area (Å²) >= 11 is 0. The molecule has 0 aromatic heterocycles. The number of nitrogens with zero attached hydrogens (tertiary/aromatic N) is 1. The van der Waals surface area contributed by atoms with E-state index in [9.17, 15) is 9.59 Å². The molecule has 0 aromatic carbocycles. The Morgan fingerprint density at radius 1 is 1.17 bits per heavy atom. The van der Waals surface area contributed by atoms with Crippen molar-refractivity contribution in [2.45, 2.75) is 44.1 Å². The van der Waals surface area contributed by atoms with E-state index in [0.29, 0.717) is 13.0 Å². The molecule has 0 bridgehead atoms. The number of hydrogen-bond donors (Lipinski definition) is 2. The second kappa shape index (κ2) is 6.38. The van der Waals surface area contributed by atoms with E-state index in [1.54, 1.807) is 0 Å². The Morgan fingerprint density at radius 3 is 2.33 bits per heavy atom. The molecule has 2 aliphatic rings. The van der Waals surface area contributed by atoms with Crippen LogP contribution in [-0.4, -0.2) is 41.9 Å². The fourth-order valence-corrected chi connectivity index (χ4v) is 2.12. The summed E-state index contributed by atoms with van der Waals surface area (Å²) in [5.74, 6) is 0.0378. The molecule has 0 aromatic rings. The van der Waals surface area contributed by atoms with Crippen molar-refractivity contribution in [3.05, 3.63) is 0 Å². The van der Waals surface area contributed by atoms with E-state index in [1.165, 1.54) is 6.42 Å². The van der Waals surface area contributed by atoms with Gasteiger partial charge in [-0.05, 0) is 32.1 Å². The maximum Gasteiger partial charge on any atom is 0.240 e. The zero-order valence-corrected chi connectivity index (χ0v) is 11.4. The van der Waals surface area contributed by atoms with Gasteiger partial charge in [-0.3, -0.25) is 9.59 Å². The van der Waals surface area contributed by atoms with Crippen LogP contribution in [0.4, 0.5) is 0 Å². The quantitative estimate of drug-likeness (QED) is 0.781. The van der Waals surface area contributed by atoms with Crippen LogP contribution in [0.2, 0.25) is 0 Å². The molecule has 3 N–H and O–H groups in total. The van der Waals surface area contributed by atoms with Crippen molar-refractivity contribution in [3.63, 3.8) is 0 Å². The van der Waals surface area contributed by atoms with Gasteiger partial charge in [0.25, 0.3) is 0 Å². The van der Waals surface area contributed by atoms with Crippen LogP contribution in [-0.2, 0) is 9.59 Å². The van der Waals surface area contributed by atoms with Gasteiger partial charge in [0.2, 0.25) is 11.8 Å². The highest BCUT2D eigenvalue weighted by molar-refractivity contribution is 5.89. The van der Waals surface area contributed by atoms with Crippen molar-refractivity contribution in [1.82, 2.24) is 10.2 Å². The number of nitrogens with one attached hydrogen (secondary N) is 1. The lowest BCUT2D eigenvalue weighted by Gasteiger charge is -2.26. The minimum atomic E-state index is -0.631. The number of halogens is 1. The third-order valence-corrected chi connectivity index (χ3v) is 3.57. The molecule has 0 spiro atoms. The van der Waals surface area contributed by atoms with E-state index in [0.717, 1.165) is 38.8 Å². The Labute approximate surface area is 114 Å². The first-order valence-corrected chi connectivity index (χ1v) is 6.47. The standard InChI is InChI=1S/C12H21N3O2.ClH/c13-12(5-6-12)11(17)14-7-4-10(16)15-8-2-1-3-9-15;/h1-9,13H2,(H,14,17);1H. The number of hydrogen-bond acceptors (Lipinski definition) is 3. The summed E-state index contributed by atoms with van der Waals surface area (Å²) in [6.45, 7) is 2.15. The van der Waals surface area contributed by atoms with Gasteiger partial charge in [-0.1, -0.05) is 0 Å². The maximum atomic E-state index is 11.8. The largest absolute Gasteiger partial charge is 0.354 e. The van der Waals surface area contributed by atoms with E-state index in [4.69, 9.17) is 5.73 Å². The number of amides is 2. The number of likely N-dealkylation sites (tertiary alicyclic amines) is 1. The second-order valence-electron chi connectivity index (χ2n) is 5.10. The first kappa shape index (κ1) is 15.2. The Balaban J connectivity index is 0.00000162. The Hall–Kier alpha value is -0.810. The Bertz CT molecular complexity index is 312. The first-order valence-electron chi connectivity index (χ1n) is 6.47. The van der Waals surface area contributed by atoms with Crippen molar-refractivity contribution in [1.29, 1.82) is 0 Å². The number of piperidine rings is 1. The Morgan fingerprint density at radius 2 is 1.78 bits per heavy atom. The second-order valence-corrected chi connectivity index (χ2v) is 5.10. The molecular formula is C12H22ClN3O2. The van der Waals surface area contributed by atoms with Gasteiger partial charge in [0.05, 0.1) is 5.54 Å². The summed E-state index contributed by atoms with van der Waals surface area (Å²) in [6.07, 6.45) is 5.34. The molecule has 1 aliphatic heterocycles. The van der Waals surface area contributed by atoms with Crippen molar-refractivity contribution in [3.8, 4) is 0 Å². The molecule has 6 heteroatoms. The molecule has 1 aliphatic carbocycles. The lowest BCUT2D eigenvalue weighted by molar-refractivity contribution is -0.132. The van der Waals surface area contributed by atoms with Crippen LogP contribution < -0.4 is 11.1 Å². The molecule has 18 heavy (non-hydrogen) atoms. The van der Waals surface area contributed by atoms with Gasteiger partial charge >= 0.3 is 0 Å². The van der Waals surface area contributed by atoms with Gasteiger partial charge in [0.15, 0.2) is 0 Å². The van der Waals surface area contributed by atoms with Crippen LogP contribution in [0.5, 0.6) is 0 Å². The zero-order chi connectivity index (χ0) is 12.3. The number of carbonyl (C=O) groups is 2. The van der Waals surface area contributed by atoms with E-state index in [-0.39, 0.29) is 24.2 Å². The number of carbonyl (C=O) groups excluding carboxylic acids is 2. The summed E-state index contributed by atoms with van der Waals surface area (Å²) in [6, 6.07) is 0. The maximum absolute atomic E-state index is 11.8.